The van der Waals surface area contributed by atoms with Gasteiger partial charge >= 0.3 is 5.97 Å². The monoisotopic (exact) mass is 508 g/mol. The lowest BCUT2D eigenvalue weighted by Crippen LogP contribution is -2.48. The maximum Gasteiger partial charge on any atom is 0.348 e. The van der Waals surface area contributed by atoms with Crippen LogP contribution in [0.4, 0.5) is 11.4 Å². The number of methoxy groups -OCH3 is 1. The van der Waals surface area contributed by atoms with E-state index in [9.17, 15) is 18.0 Å². The fourth-order valence-corrected chi connectivity index (χ4v) is 5.84. The summed E-state index contributed by atoms with van der Waals surface area (Å²) in [5.74, 6) is -0.230. The van der Waals surface area contributed by atoms with E-state index in [1.165, 1.54) is 40.6 Å². The van der Waals surface area contributed by atoms with Crippen molar-refractivity contribution in [2.75, 3.05) is 36.0 Å². The molecule has 0 spiro atoms. The summed E-state index contributed by atoms with van der Waals surface area (Å²) in [4.78, 5) is 26.6. The molecule has 0 N–H and O–H groups in total. The van der Waals surface area contributed by atoms with Crippen LogP contribution < -0.4 is 18.7 Å². The van der Waals surface area contributed by atoms with Crippen molar-refractivity contribution < 1.29 is 32.2 Å². The Morgan fingerprint density at radius 3 is 2.42 bits per heavy atom. The van der Waals surface area contributed by atoms with Crippen LogP contribution in [0.5, 0.6) is 11.5 Å². The average Bonchev–Trinajstić information content (AvgIpc) is 3.36. The van der Waals surface area contributed by atoms with Gasteiger partial charge in [0.15, 0.2) is 6.61 Å². The van der Waals surface area contributed by atoms with E-state index in [0.29, 0.717) is 35.8 Å². The van der Waals surface area contributed by atoms with Gasteiger partial charge in [-0.3, -0.25) is 9.10 Å². The molecule has 0 saturated carbocycles. The Hall–Kier alpha value is -4.05. The van der Waals surface area contributed by atoms with Crippen molar-refractivity contribution in [2.24, 2.45) is 0 Å². The zero-order chi connectivity index (χ0) is 25.3. The van der Waals surface area contributed by atoms with Crippen molar-refractivity contribution in [1.82, 2.24) is 0 Å². The van der Waals surface area contributed by atoms with Gasteiger partial charge in [0.2, 0.25) is 6.10 Å². The number of carbonyl (C=O) groups excluding carboxylic acids is 2. The first-order valence-electron chi connectivity index (χ1n) is 11.4. The molecule has 1 atom stereocenters. The molecule has 2 aliphatic heterocycles. The number of nitrogens with zero attached hydrogens (tertiary/aromatic N) is 2. The highest BCUT2D eigenvalue weighted by Gasteiger charge is 2.35. The van der Waals surface area contributed by atoms with Crippen molar-refractivity contribution in [2.45, 2.75) is 17.4 Å². The third-order valence-electron chi connectivity index (χ3n) is 6.16. The van der Waals surface area contributed by atoms with Crippen LogP contribution in [0.15, 0.2) is 77.7 Å². The molecule has 10 heteroatoms. The van der Waals surface area contributed by atoms with Crippen LogP contribution in [0.1, 0.15) is 5.56 Å². The minimum atomic E-state index is -3.72. The van der Waals surface area contributed by atoms with Crippen LogP contribution >= 0.6 is 0 Å². The Kier molecular flexibility index (Phi) is 6.27. The van der Waals surface area contributed by atoms with Crippen molar-refractivity contribution in [3.05, 3.63) is 78.4 Å². The Morgan fingerprint density at radius 2 is 1.67 bits per heavy atom. The van der Waals surface area contributed by atoms with Crippen LogP contribution in [0, 0.1) is 0 Å². The maximum atomic E-state index is 13.2. The van der Waals surface area contributed by atoms with E-state index in [2.05, 4.69) is 0 Å². The summed E-state index contributed by atoms with van der Waals surface area (Å²) in [5, 5.41) is 0. The van der Waals surface area contributed by atoms with E-state index < -0.39 is 22.1 Å². The molecule has 2 heterocycles. The number of fused-ring (bicyclic) bond motifs is 2. The van der Waals surface area contributed by atoms with Gasteiger partial charge in [0.1, 0.15) is 11.5 Å². The van der Waals surface area contributed by atoms with E-state index in [1.54, 1.807) is 30.3 Å². The Morgan fingerprint density at radius 1 is 0.972 bits per heavy atom. The molecule has 1 amide bonds. The molecule has 3 aromatic carbocycles. The SMILES string of the molecule is COC(=O)[C@@H]1CN(C(=O)COc2ccc(S(=O)(=O)N3CCc4ccccc43)cc2)c2ccccc2O1. The van der Waals surface area contributed by atoms with Crippen molar-refractivity contribution in [3.8, 4) is 11.5 Å². The largest absolute Gasteiger partial charge is 0.484 e. The lowest BCUT2D eigenvalue weighted by Gasteiger charge is -2.33. The van der Waals surface area contributed by atoms with E-state index in [4.69, 9.17) is 14.2 Å². The molecule has 0 radical (unpaired) electrons. The zero-order valence-electron chi connectivity index (χ0n) is 19.5. The standard InChI is InChI=1S/C26H24N2O7S/c1-33-26(30)24-16-27(22-8-4-5-9-23(22)35-24)25(29)17-34-19-10-12-20(13-11-19)36(31,32)28-15-14-18-6-2-3-7-21(18)28/h2-13,24H,14-17H2,1H3/t24-/m0/s1. The second-order valence-corrected chi connectivity index (χ2v) is 10.2. The summed E-state index contributed by atoms with van der Waals surface area (Å²) in [5.41, 5.74) is 2.22. The highest BCUT2D eigenvalue weighted by atomic mass is 32.2. The number of anilines is 2. The number of hydrogen-bond donors (Lipinski definition) is 0. The number of para-hydroxylation sites is 3. The molecule has 5 rings (SSSR count). The Balaban J connectivity index is 1.27. The molecule has 0 unspecified atom stereocenters. The first-order chi connectivity index (χ1) is 17.4. The lowest BCUT2D eigenvalue weighted by atomic mass is 10.2. The van der Waals surface area contributed by atoms with Gasteiger partial charge in [-0.1, -0.05) is 30.3 Å². The fraction of sp³-hybridized carbons (Fsp3) is 0.231. The van der Waals surface area contributed by atoms with Gasteiger partial charge in [0, 0.05) is 6.54 Å². The number of carbonyl (C=O) groups is 2. The fourth-order valence-electron chi connectivity index (χ4n) is 4.34. The van der Waals surface area contributed by atoms with E-state index in [0.717, 1.165) is 5.56 Å². The lowest BCUT2D eigenvalue weighted by molar-refractivity contribution is -0.148. The van der Waals surface area contributed by atoms with Gasteiger partial charge in [-0.2, -0.15) is 0 Å². The van der Waals surface area contributed by atoms with Crippen LogP contribution in [-0.2, 0) is 30.8 Å². The van der Waals surface area contributed by atoms with Crippen molar-refractivity contribution in [1.29, 1.82) is 0 Å². The van der Waals surface area contributed by atoms with Crippen molar-refractivity contribution in [3.63, 3.8) is 0 Å². The molecule has 9 nitrogen and oxygen atoms in total. The molecule has 0 aromatic heterocycles. The van der Waals surface area contributed by atoms with Crippen LogP contribution in [0.3, 0.4) is 0 Å². The molecule has 2 aliphatic rings. The van der Waals surface area contributed by atoms with Crippen LogP contribution in [-0.4, -0.2) is 53.2 Å². The minimum Gasteiger partial charge on any atom is -0.484 e. The molecule has 36 heavy (non-hydrogen) atoms. The van der Waals surface area contributed by atoms with Gasteiger partial charge in [0.25, 0.3) is 15.9 Å². The summed E-state index contributed by atoms with van der Waals surface area (Å²) in [7, 11) is -2.46. The second-order valence-electron chi connectivity index (χ2n) is 8.32. The summed E-state index contributed by atoms with van der Waals surface area (Å²) < 4.78 is 43.9. The van der Waals surface area contributed by atoms with Gasteiger partial charge in [-0.05, 0) is 54.4 Å². The van der Waals surface area contributed by atoms with Gasteiger partial charge in [0.05, 0.1) is 29.9 Å². The predicted octanol–water partition coefficient (Wildman–Crippen LogP) is 2.78. The first kappa shape index (κ1) is 23.7. The number of rotatable bonds is 6. The van der Waals surface area contributed by atoms with Gasteiger partial charge < -0.3 is 19.1 Å². The van der Waals surface area contributed by atoms with Gasteiger partial charge in [-0.15, -0.1) is 0 Å². The summed E-state index contributed by atoms with van der Waals surface area (Å²) in [6.45, 7) is 0.0657. The number of ether oxygens (including phenoxy) is 3. The topological polar surface area (TPSA) is 102 Å². The molecule has 0 saturated heterocycles. The van der Waals surface area contributed by atoms with Crippen LogP contribution in [0.2, 0.25) is 0 Å². The molecule has 0 aliphatic carbocycles. The molecule has 186 valence electrons. The third kappa shape index (κ3) is 4.35. The second kappa shape index (κ2) is 9.54. The van der Waals surface area contributed by atoms with Gasteiger partial charge in [-0.25, -0.2) is 13.2 Å². The molecule has 3 aromatic rings. The summed E-state index contributed by atoms with van der Waals surface area (Å²) >= 11 is 0. The number of hydrogen-bond acceptors (Lipinski definition) is 7. The Bertz CT molecular complexity index is 1410. The van der Waals surface area contributed by atoms with Crippen molar-refractivity contribution >= 4 is 33.3 Å². The number of amides is 1. The highest BCUT2D eigenvalue weighted by molar-refractivity contribution is 7.92. The number of benzene rings is 3. The first-order valence-corrected chi connectivity index (χ1v) is 12.8. The predicted molar refractivity (Wildman–Crippen MR) is 132 cm³/mol. The zero-order valence-corrected chi connectivity index (χ0v) is 20.3. The Labute approximate surface area is 208 Å². The van der Waals surface area contributed by atoms with E-state index in [1.807, 2.05) is 18.2 Å². The summed E-state index contributed by atoms with van der Waals surface area (Å²) in [6, 6.07) is 20.3. The molecule has 0 bridgehead atoms. The van der Waals surface area contributed by atoms with Crippen LogP contribution in [0.25, 0.3) is 0 Å². The van der Waals surface area contributed by atoms with E-state index >= 15 is 0 Å². The molecule has 0 fully saturated rings. The van der Waals surface area contributed by atoms with E-state index in [-0.39, 0.29) is 24.0 Å². The number of esters is 1. The quantitative estimate of drug-likeness (QED) is 0.472. The average molecular weight is 509 g/mol. The highest BCUT2D eigenvalue weighted by Crippen LogP contribution is 2.34. The molecular formula is C26H24N2O7S. The smallest absolute Gasteiger partial charge is 0.348 e. The third-order valence-corrected chi connectivity index (χ3v) is 7.98. The molecular weight excluding hydrogens is 484 g/mol. The summed E-state index contributed by atoms with van der Waals surface area (Å²) in [6.07, 6.45) is -0.283. The number of sulfonamides is 1. The normalized spacial score (nSPS) is 16.5. The minimum absolute atomic E-state index is 0.0135. The maximum absolute atomic E-state index is 13.2.